The number of methoxy groups -OCH3 is 2. The van der Waals surface area contributed by atoms with Gasteiger partial charge in [-0.25, -0.2) is 0 Å². The van der Waals surface area contributed by atoms with Crippen LogP contribution in [0.4, 0.5) is 11.4 Å². The highest BCUT2D eigenvalue weighted by Gasteiger charge is 2.34. The number of fused-ring (bicyclic) bond motifs is 4. The van der Waals surface area contributed by atoms with Crippen molar-refractivity contribution in [3.63, 3.8) is 0 Å². The minimum Gasteiger partial charge on any atom is -0.493 e. The van der Waals surface area contributed by atoms with Crippen molar-refractivity contribution in [2.24, 2.45) is 4.99 Å². The molecule has 4 heterocycles. The number of amides is 2. The number of anilines is 1. The van der Waals surface area contributed by atoms with Crippen LogP contribution in [0.3, 0.4) is 0 Å². The maximum absolute atomic E-state index is 13.4. The lowest BCUT2D eigenvalue weighted by Crippen LogP contribution is -2.34. The summed E-state index contributed by atoms with van der Waals surface area (Å²) in [5, 5.41) is 3.43. The molecule has 10 nitrogen and oxygen atoms in total. The second-order valence-corrected chi connectivity index (χ2v) is 11.2. The van der Waals surface area contributed by atoms with E-state index in [1.165, 1.54) is 0 Å². The molecule has 2 aromatic rings. The van der Waals surface area contributed by atoms with E-state index in [-0.39, 0.29) is 23.9 Å². The molecule has 1 N–H and O–H groups in total. The Morgan fingerprint density at radius 3 is 2.13 bits per heavy atom. The van der Waals surface area contributed by atoms with E-state index in [4.69, 9.17) is 18.9 Å². The van der Waals surface area contributed by atoms with Crippen molar-refractivity contribution >= 4 is 29.4 Å². The van der Waals surface area contributed by atoms with E-state index in [2.05, 4.69) is 10.3 Å². The zero-order chi connectivity index (χ0) is 31.5. The molecule has 0 fully saturated rings. The first-order valence-electron chi connectivity index (χ1n) is 15.2. The van der Waals surface area contributed by atoms with Crippen LogP contribution in [-0.4, -0.2) is 73.9 Å². The van der Waals surface area contributed by atoms with E-state index >= 15 is 0 Å². The van der Waals surface area contributed by atoms with Crippen LogP contribution in [0.15, 0.2) is 77.1 Å². The first kappa shape index (κ1) is 30.1. The van der Waals surface area contributed by atoms with Crippen molar-refractivity contribution < 1.29 is 28.5 Å². The van der Waals surface area contributed by atoms with Crippen molar-refractivity contribution in [3.05, 3.63) is 83.2 Å². The van der Waals surface area contributed by atoms with Crippen molar-refractivity contribution in [2.75, 3.05) is 39.3 Å². The first-order chi connectivity index (χ1) is 21.9. The standard InChI is InChI=1S/C35H38N4O6/c1-5-8-22-12-24-18-36-28-16-32(30(42-3)14-26(28)34(40)38(24)20-22)44-10-7-11-45-33-17-29-27(15-31(33)43-4)35(41)39-21-23(9-6-2)13-25(39)19-37-29/h5-6,8-9,14-18,20-21,24-25,37H,7,10-13,19H2,1-4H3/b8-5+,9-6+/t24-,25-/m0/s1. The monoisotopic (exact) mass is 610 g/mol. The predicted octanol–water partition coefficient (Wildman–Crippen LogP) is 6.04. The molecule has 0 spiro atoms. The molecule has 0 aromatic heterocycles. The smallest absolute Gasteiger partial charge is 0.260 e. The molecule has 45 heavy (non-hydrogen) atoms. The lowest BCUT2D eigenvalue weighted by atomic mass is 10.1. The Morgan fingerprint density at radius 1 is 0.822 bits per heavy atom. The van der Waals surface area contributed by atoms with Gasteiger partial charge in [-0.15, -0.1) is 0 Å². The first-order valence-corrected chi connectivity index (χ1v) is 15.2. The molecule has 10 heteroatoms. The van der Waals surface area contributed by atoms with Crippen molar-refractivity contribution in [2.45, 2.75) is 45.2 Å². The van der Waals surface area contributed by atoms with Crippen LogP contribution >= 0.6 is 0 Å². The Labute approximate surface area is 263 Å². The molecule has 4 aliphatic heterocycles. The summed E-state index contributed by atoms with van der Waals surface area (Å²) in [6.45, 7) is 5.28. The third kappa shape index (κ3) is 5.92. The highest BCUT2D eigenvalue weighted by molar-refractivity contribution is 6.04. The van der Waals surface area contributed by atoms with Gasteiger partial charge in [-0.2, -0.15) is 0 Å². The Kier molecular flexibility index (Phi) is 8.64. The van der Waals surface area contributed by atoms with Crippen molar-refractivity contribution in [1.82, 2.24) is 9.80 Å². The van der Waals surface area contributed by atoms with E-state index < -0.39 is 0 Å². The Morgan fingerprint density at radius 2 is 1.44 bits per heavy atom. The normalized spacial score (nSPS) is 20.2. The number of allylic oxidation sites excluding steroid dienone is 4. The van der Waals surface area contributed by atoms with Crippen LogP contribution in [0.25, 0.3) is 0 Å². The van der Waals surface area contributed by atoms with Gasteiger partial charge < -0.3 is 34.1 Å². The molecule has 2 atom stereocenters. The average Bonchev–Trinajstić information content (AvgIpc) is 3.59. The van der Waals surface area contributed by atoms with Crippen molar-refractivity contribution in [1.29, 1.82) is 0 Å². The number of hydrogen-bond donors (Lipinski definition) is 1. The third-order valence-corrected chi connectivity index (χ3v) is 8.27. The maximum Gasteiger partial charge on any atom is 0.260 e. The second kappa shape index (κ2) is 12.9. The molecule has 0 saturated carbocycles. The zero-order valence-corrected chi connectivity index (χ0v) is 26.0. The molecule has 0 radical (unpaired) electrons. The highest BCUT2D eigenvalue weighted by atomic mass is 16.5. The number of hydrogen-bond acceptors (Lipinski definition) is 8. The summed E-state index contributed by atoms with van der Waals surface area (Å²) < 4.78 is 23.3. The largest absolute Gasteiger partial charge is 0.493 e. The predicted molar refractivity (Wildman–Crippen MR) is 173 cm³/mol. The number of aliphatic imine (C=N–C) groups is 1. The summed E-state index contributed by atoms with van der Waals surface area (Å²) in [6.07, 6.45) is 15.8. The summed E-state index contributed by atoms with van der Waals surface area (Å²) in [5.41, 5.74) is 4.51. The number of rotatable bonds is 10. The van der Waals surface area contributed by atoms with Gasteiger partial charge in [0.2, 0.25) is 0 Å². The van der Waals surface area contributed by atoms with E-state index in [1.807, 2.05) is 67.7 Å². The SMILES string of the molecule is C/C=C/C1=CN2C(=O)c3cc(OC)c(OCCCOc4cc5c(cc4OC)C(=O)N4C=C(/C=C/C)C[C@H]4C=N5)cc3NC[C@@H]2C1. The average molecular weight is 611 g/mol. The lowest BCUT2D eigenvalue weighted by molar-refractivity contribution is 0.0793. The number of carbonyl (C=O) groups is 2. The summed E-state index contributed by atoms with van der Waals surface area (Å²) >= 11 is 0. The van der Waals surface area contributed by atoms with Crippen LogP contribution < -0.4 is 24.3 Å². The fourth-order valence-corrected chi connectivity index (χ4v) is 6.10. The lowest BCUT2D eigenvalue weighted by Gasteiger charge is -2.20. The molecular formula is C35H38N4O6. The van der Waals surface area contributed by atoms with Gasteiger partial charge in [0.05, 0.1) is 62.0 Å². The minimum absolute atomic E-state index is 0.0578. The van der Waals surface area contributed by atoms with Crippen LogP contribution in [-0.2, 0) is 0 Å². The topological polar surface area (TPSA) is 102 Å². The van der Waals surface area contributed by atoms with E-state index in [9.17, 15) is 9.59 Å². The second-order valence-electron chi connectivity index (χ2n) is 11.2. The van der Waals surface area contributed by atoms with Crippen molar-refractivity contribution in [3.8, 4) is 23.0 Å². The van der Waals surface area contributed by atoms with Gasteiger partial charge in [-0.1, -0.05) is 24.3 Å². The summed E-state index contributed by atoms with van der Waals surface area (Å²) in [5.74, 6) is 1.82. The van der Waals surface area contributed by atoms with E-state index in [1.54, 1.807) is 37.3 Å². The number of ether oxygens (including phenoxy) is 4. The molecule has 0 saturated heterocycles. The molecule has 6 rings (SSSR count). The molecule has 0 aliphatic carbocycles. The fraction of sp³-hybridized carbons (Fsp3) is 0.343. The molecule has 0 bridgehead atoms. The van der Waals surface area contributed by atoms with Gasteiger partial charge in [0, 0.05) is 43.7 Å². The Hall–Kier alpha value is -4.99. The van der Waals surface area contributed by atoms with Gasteiger partial charge in [0.15, 0.2) is 23.0 Å². The number of nitrogens with zero attached hydrogens (tertiary/aromatic N) is 3. The Balaban J connectivity index is 1.10. The molecule has 234 valence electrons. The maximum atomic E-state index is 13.4. The highest BCUT2D eigenvalue weighted by Crippen LogP contribution is 2.40. The number of carbonyl (C=O) groups excluding carboxylic acids is 2. The zero-order valence-electron chi connectivity index (χ0n) is 26.0. The quantitative estimate of drug-likeness (QED) is 0.327. The van der Waals surface area contributed by atoms with Gasteiger partial charge in [0.25, 0.3) is 11.8 Å². The van der Waals surface area contributed by atoms with Crippen LogP contribution in [0.1, 0.15) is 53.8 Å². The summed E-state index contributed by atoms with van der Waals surface area (Å²) in [4.78, 5) is 34.9. The molecular weight excluding hydrogens is 572 g/mol. The molecule has 2 amide bonds. The summed E-state index contributed by atoms with van der Waals surface area (Å²) in [7, 11) is 3.12. The number of benzene rings is 2. The van der Waals surface area contributed by atoms with Gasteiger partial charge in [-0.3, -0.25) is 14.6 Å². The minimum atomic E-state index is -0.119. The summed E-state index contributed by atoms with van der Waals surface area (Å²) in [6, 6.07) is 6.96. The molecule has 0 unspecified atom stereocenters. The Bertz CT molecular complexity index is 1660. The van der Waals surface area contributed by atoms with Gasteiger partial charge in [-0.05, 0) is 50.0 Å². The van der Waals surface area contributed by atoms with Gasteiger partial charge >= 0.3 is 0 Å². The van der Waals surface area contributed by atoms with E-state index in [0.717, 1.165) is 29.7 Å². The fourth-order valence-electron chi connectivity index (χ4n) is 6.10. The van der Waals surface area contributed by atoms with Gasteiger partial charge in [0.1, 0.15) is 0 Å². The van der Waals surface area contributed by atoms with Crippen LogP contribution in [0.5, 0.6) is 23.0 Å². The molecule has 2 aromatic carbocycles. The van der Waals surface area contributed by atoms with Crippen LogP contribution in [0.2, 0.25) is 0 Å². The van der Waals surface area contributed by atoms with Crippen LogP contribution in [0, 0.1) is 0 Å². The van der Waals surface area contributed by atoms with E-state index in [0.29, 0.717) is 66.0 Å². The number of nitrogens with one attached hydrogen (secondary N) is 1. The molecule has 4 aliphatic rings. The third-order valence-electron chi connectivity index (χ3n) is 8.27.